The first-order valence-corrected chi connectivity index (χ1v) is 9.88. The van der Waals surface area contributed by atoms with Crippen molar-refractivity contribution in [2.45, 2.75) is 38.9 Å². The van der Waals surface area contributed by atoms with Crippen molar-refractivity contribution < 1.29 is 23.6 Å². The van der Waals surface area contributed by atoms with E-state index in [9.17, 15) is 14.4 Å². The average molecular weight is 314 g/mol. The predicted octanol–water partition coefficient (Wildman–Crippen LogP) is 1.91. The standard InChI is InChI=1S/C14H24BFO4Si/c1-14(2,3)21(4,5)20-9-8-19-13-10-11(16)6-7-12(13)15(17)18/h6-7,10,17-18H,8-9H2,1-5H3. The molecule has 0 saturated heterocycles. The Bertz CT molecular complexity index is 475. The molecule has 0 amide bonds. The van der Waals surface area contributed by atoms with E-state index in [2.05, 4.69) is 33.9 Å². The van der Waals surface area contributed by atoms with E-state index in [0.717, 1.165) is 12.1 Å². The molecular weight excluding hydrogens is 290 g/mol. The quantitative estimate of drug-likeness (QED) is 0.622. The van der Waals surface area contributed by atoms with Gasteiger partial charge in [0, 0.05) is 11.5 Å². The Morgan fingerprint density at radius 1 is 1.19 bits per heavy atom. The number of halogens is 1. The van der Waals surface area contributed by atoms with E-state index in [1.165, 1.54) is 6.07 Å². The van der Waals surface area contributed by atoms with Crippen molar-refractivity contribution in [2.75, 3.05) is 13.2 Å². The summed E-state index contributed by atoms with van der Waals surface area (Å²) in [6.45, 7) is 11.3. The smallest absolute Gasteiger partial charge is 0.491 e. The monoisotopic (exact) mass is 314 g/mol. The molecule has 1 aromatic carbocycles. The molecule has 1 rings (SSSR count). The van der Waals surface area contributed by atoms with E-state index in [1.54, 1.807) is 0 Å². The highest BCUT2D eigenvalue weighted by molar-refractivity contribution is 6.74. The van der Waals surface area contributed by atoms with Gasteiger partial charge in [-0.25, -0.2) is 4.39 Å². The molecular formula is C14H24BFO4Si. The van der Waals surface area contributed by atoms with Gasteiger partial charge in [-0.3, -0.25) is 0 Å². The summed E-state index contributed by atoms with van der Waals surface area (Å²) < 4.78 is 24.6. The number of ether oxygens (including phenoxy) is 1. The van der Waals surface area contributed by atoms with E-state index < -0.39 is 21.3 Å². The molecule has 1 aromatic rings. The molecule has 0 aliphatic heterocycles. The molecule has 7 heteroatoms. The zero-order chi connectivity index (χ0) is 16.3. The van der Waals surface area contributed by atoms with Crippen molar-refractivity contribution in [1.82, 2.24) is 0 Å². The van der Waals surface area contributed by atoms with Gasteiger partial charge in [0.15, 0.2) is 8.32 Å². The molecule has 0 heterocycles. The van der Waals surface area contributed by atoms with Crippen LogP contribution in [-0.4, -0.2) is 38.7 Å². The average Bonchev–Trinajstić information content (AvgIpc) is 2.33. The van der Waals surface area contributed by atoms with Gasteiger partial charge in [0.05, 0.1) is 6.61 Å². The Labute approximate surface area is 127 Å². The topological polar surface area (TPSA) is 58.9 Å². The molecule has 0 saturated carbocycles. The van der Waals surface area contributed by atoms with Crippen molar-refractivity contribution in [3.63, 3.8) is 0 Å². The third-order valence-corrected chi connectivity index (χ3v) is 8.40. The maximum atomic E-state index is 13.2. The summed E-state index contributed by atoms with van der Waals surface area (Å²) in [5.41, 5.74) is 0.142. The fourth-order valence-corrected chi connectivity index (χ4v) is 2.54. The Hall–Kier alpha value is -0.888. The lowest BCUT2D eigenvalue weighted by molar-refractivity contribution is 0.203. The third kappa shape index (κ3) is 5.10. The SMILES string of the molecule is CC(C)(C)[Si](C)(C)OCCOc1cc(F)ccc1B(O)O. The summed E-state index contributed by atoms with van der Waals surface area (Å²) >= 11 is 0. The van der Waals surface area contributed by atoms with Gasteiger partial charge < -0.3 is 19.2 Å². The Morgan fingerprint density at radius 3 is 2.33 bits per heavy atom. The highest BCUT2D eigenvalue weighted by atomic mass is 28.4. The van der Waals surface area contributed by atoms with Crippen molar-refractivity contribution >= 4 is 20.9 Å². The second kappa shape index (κ2) is 6.91. The van der Waals surface area contributed by atoms with Gasteiger partial charge in [-0.2, -0.15) is 0 Å². The fourth-order valence-electron chi connectivity index (χ4n) is 1.51. The van der Waals surface area contributed by atoms with Crippen molar-refractivity contribution in [2.24, 2.45) is 0 Å². The molecule has 118 valence electrons. The van der Waals surface area contributed by atoms with Crippen LogP contribution in [0.3, 0.4) is 0 Å². The minimum absolute atomic E-state index is 0.109. The molecule has 21 heavy (non-hydrogen) atoms. The maximum absolute atomic E-state index is 13.2. The van der Waals surface area contributed by atoms with E-state index >= 15 is 0 Å². The van der Waals surface area contributed by atoms with E-state index in [1.807, 2.05) is 0 Å². The van der Waals surface area contributed by atoms with E-state index in [-0.39, 0.29) is 22.9 Å². The second-order valence-electron chi connectivity index (χ2n) is 6.51. The third-order valence-electron chi connectivity index (χ3n) is 3.86. The molecule has 0 aromatic heterocycles. The van der Waals surface area contributed by atoms with Crippen LogP contribution in [0.4, 0.5) is 4.39 Å². The van der Waals surface area contributed by atoms with Gasteiger partial charge in [-0.15, -0.1) is 0 Å². The lowest BCUT2D eigenvalue weighted by Gasteiger charge is -2.36. The molecule has 0 atom stereocenters. The van der Waals surface area contributed by atoms with Crippen LogP contribution in [0, 0.1) is 5.82 Å². The van der Waals surface area contributed by atoms with Crippen LogP contribution in [0.1, 0.15) is 20.8 Å². The van der Waals surface area contributed by atoms with Crippen molar-refractivity contribution in [1.29, 1.82) is 0 Å². The molecule has 0 radical (unpaired) electrons. The van der Waals surface area contributed by atoms with Crippen LogP contribution in [0.25, 0.3) is 0 Å². The molecule has 0 unspecified atom stereocenters. The molecule has 2 N–H and O–H groups in total. The summed E-state index contributed by atoms with van der Waals surface area (Å²) in [6.07, 6.45) is 0. The zero-order valence-electron chi connectivity index (χ0n) is 13.3. The number of rotatable bonds is 6. The van der Waals surface area contributed by atoms with Gasteiger partial charge in [-0.1, -0.05) is 26.8 Å². The summed E-state index contributed by atoms with van der Waals surface area (Å²) in [4.78, 5) is 0. The number of benzene rings is 1. The first kappa shape index (κ1) is 18.2. The fraction of sp³-hybridized carbons (Fsp3) is 0.571. The first-order valence-electron chi connectivity index (χ1n) is 6.97. The molecule has 0 fully saturated rings. The summed E-state index contributed by atoms with van der Waals surface area (Å²) in [5.74, 6) is -0.358. The molecule has 4 nitrogen and oxygen atoms in total. The van der Waals surface area contributed by atoms with Gasteiger partial charge in [0.25, 0.3) is 0 Å². The van der Waals surface area contributed by atoms with Crippen LogP contribution >= 0.6 is 0 Å². The summed E-state index contributed by atoms with van der Waals surface area (Å²) in [6, 6.07) is 3.60. The van der Waals surface area contributed by atoms with E-state index in [4.69, 9.17) is 9.16 Å². The predicted molar refractivity (Wildman–Crippen MR) is 84.9 cm³/mol. The summed E-state index contributed by atoms with van der Waals surface area (Å²) in [5, 5.41) is 18.5. The molecule has 0 spiro atoms. The Morgan fingerprint density at radius 2 is 1.81 bits per heavy atom. The highest BCUT2D eigenvalue weighted by Gasteiger charge is 2.36. The Kier molecular flexibility index (Phi) is 5.98. The molecule has 0 aliphatic carbocycles. The number of hydrogen-bond acceptors (Lipinski definition) is 4. The van der Waals surface area contributed by atoms with E-state index in [0.29, 0.717) is 6.61 Å². The lowest BCUT2D eigenvalue weighted by Crippen LogP contribution is -2.41. The van der Waals surface area contributed by atoms with Crippen LogP contribution in [-0.2, 0) is 4.43 Å². The van der Waals surface area contributed by atoms with Gasteiger partial charge in [-0.05, 0) is 24.2 Å². The molecule has 0 bridgehead atoms. The largest absolute Gasteiger partial charge is 0.492 e. The van der Waals surface area contributed by atoms with Gasteiger partial charge in [0.2, 0.25) is 0 Å². The van der Waals surface area contributed by atoms with Crippen LogP contribution in [0.5, 0.6) is 5.75 Å². The van der Waals surface area contributed by atoms with Crippen LogP contribution in [0.15, 0.2) is 18.2 Å². The van der Waals surface area contributed by atoms with Crippen LogP contribution in [0.2, 0.25) is 18.1 Å². The second-order valence-corrected chi connectivity index (χ2v) is 11.3. The summed E-state index contributed by atoms with van der Waals surface area (Å²) in [7, 11) is -3.53. The Balaban J connectivity index is 2.59. The van der Waals surface area contributed by atoms with Crippen molar-refractivity contribution in [3.8, 4) is 5.75 Å². The minimum atomic E-state index is -1.84. The molecule has 0 aliphatic rings. The maximum Gasteiger partial charge on any atom is 0.492 e. The lowest BCUT2D eigenvalue weighted by atomic mass is 9.79. The normalized spacial score (nSPS) is 12.4. The minimum Gasteiger partial charge on any atom is -0.491 e. The van der Waals surface area contributed by atoms with Gasteiger partial charge in [0.1, 0.15) is 18.2 Å². The van der Waals surface area contributed by atoms with Crippen LogP contribution < -0.4 is 10.2 Å². The zero-order valence-corrected chi connectivity index (χ0v) is 14.3. The van der Waals surface area contributed by atoms with Gasteiger partial charge >= 0.3 is 7.12 Å². The highest BCUT2D eigenvalue weighted by Crippen LogP contribution is 2.36. The number of hydrogen-bond donors (Lipinski definition) is 2. The van der Waals surface area contributed by atoms with Crippen molar-refractivity contribution in [3.05, 3.63) is 24.0 Å². The first-order chi connectivity index (χ1) is 9.54.